The van der Waals surface area contributed by atoms with Crippen molar-refractivity contribution in [1.82, 2.24) is 5.32 Å². The summed E-state index contributed by atoms with van der Waals surface area (Å²) in [6.07, 6.45) is 0.300. The Morgan fingerprint density at radius 3 is 2.65 bits per heavy atom. The van der Waals surface area contributed by atoms with Gasteiger partial charge in [-0.05, 0) is 46.5 Å². The molecule has 1 heterocycles. The van der Waals surface area contributed by atoms with Gasteiger partial charge < -0.3 is 15.7 Å². The number of benzene rings is 1. The first-order chi connectivity index (χ1) is 9.69. The van der Waals surface area contributed by atoms with Gasteiger partial charge in [0.15, 0.2) is 0 Å². The minimum atomic E-state index is -0.672. The fourth-order valence-corrected chi connectivity index (χ4v) is 2.48. The summed E-state index contributed by atoms with van der Waals surface area (Å²) in [4.78, 5) is 11.7. The number of carbonyl (C=O) groups is 1. The molecule has 2 rings (SSSR count). The summed E-state index contributed by atoms with van der Waals surface area (Å²) in [6.45, 7) is 2.27. The van der Waals surface area contributed by atoms with Gasteiger partial charge in [-0.15, -0.1) is 0 Å². The number of rotatable bonds is 5. The zero-order valence-corrected chi connectivity index (χ0v) is 12.1. The topological polar surface area (TPSA) is 61.4 Å². The van der Waals surface area contributed by atoms with Crippen molar-refractivity contribution >= 4 is 23.1 Å². The highest BCUT2D eigenvalue weighted by Crippen LogP contribution is 2.15. The summed E-state index contributed by atoms with van der Waals surface area (Å²) in [7, 11) is 0. The van der Waals surface area contributed by atoms with Gasteiger partial charge in [-0.3, -0.25) is 0 Å². The molecule has 0 saturated carbocycles. The van der Waals surface area contributed by atoms with Gasteiger partial charge in [0.1, 0.15) is 0 Å². The molecule has 3 N–H and O–H groups in total. The van der Waals surface area contributed by atoms with E-state index in [0.717, 1.165) is 17.7 Å². The molecule has 0 aliphatic rings. The Morgan fingerprint density at radius 1 is 1.30 bits per heavy atom. The average Bonchev–Trinajstić information content (AvgIpc) is 3.00. The maximum absolute atomic E-state index is 11.7. The maximum atomic E-state index is 11.7. The van der Waals surface area contributed by atoms with Crippen molar-refractivity contribution in [1.29, 1.82) is 0 Å². The van der Waals surface area contributed by atoms with E-state index in [2.05, 4.69) is 17.6 Å². The van der Waals surface area contributed by atoms with Crippen LogP contribution >= 0.6 is 11.3 Å². The highest BCUT2D eigenvalue weighted by Gasteiger charge is 2.09. The highest BCUT2D eigenvalue weighted by atomic mass is 32.1. The van der Waals surface area contributed by atoms with Crippen LogP contribution in [0, 0.1) is 0 Å². The Bertz CT molecular complexity index is 538. The Labute approximate surface area is 122 Å². The highest BCUT2D eigenvalue weighted by molar-refractivity contribution is 7.07. The smallest absolute Gasteiger partial charge is 0.319 e. The first-order valence-electron chi connectivity index (χ1n) is 6.53. The molecule has 4 nitrogen and oxygen atoms in total. The Balaban J connectivity index is 1.80. The third-order valence-electron chi connectivity index (χ3n) is 3.00. The minimum Gasteiger partial charge on any atom is -0.387 e. The molecule has 0 fully saturated rings. The van der Waals surface area contributed by atoms with E-state index in [1.54, 1.807) is 0 Å². The van der Waals surface area contributed by atoms with Crippen LogP contribution < -0.4 is 10.6 Å². The molecule has 1 unspecified atom stereocenters. The summed E-state index contributed by atoms with van der Waals surface area (Å²) in [5.41, 5.74) is 2.79. The van der Waals surface area contributed by atoms with E-state index in [9.17, 15) is 9.90 Å². The van der Waals surface area contributed by atoms with Gasteiger partial charge in [0, 0.05) is 12.2 Å². The largest absolute Gasteiger partial charge is 0.387 e. The molecule has 5 heteroatoms. The van der Waals surface area contributed by atoms with Crippen molar-refractivity contribution in [2.45, 2.75) is 19.4 Å². The number of aliphatic hydroxyl groups is 1. The molecule has 0 radical (unpaired) electrons. The van der Waals surface area contributed by atoms with Crippen LogP contribution in [-0.4, -0.2) is 17.7 Å². The van der Waals surface area contributed by atoms with Crippen LogP contribution in [0.3, 0.4) is 0 Å². The lowest BCUT2D eigenvalue weighted by Crippen LogP contribution is -2.32. The maximum Gasteiger partial charge on any atom is 0.319 e. The van der Waals surface area contributed by atoms with E-state index >= 15 is 0 Å². The van der Waals surface area contributed by atoms with Gasteiger partial charge >= 0.3 is 6.03 Å². The van der Waals surface area contributed by atoms with Crippen LogP contribution in [0.2, 0.25) is 0 Å². The number of aryl methyl sites for hydroxylation is 1. The van der Waals surface area contributed by atoms with Gasteiger partial charge in [0.05, 0.1) is 6.10 Å². The van der Waals surface area contributed by atoms with Crippen molar-refractivity contribution in [2.24, 2.45) is 0 Å². The second kappa shape index (κ2) is 7.07. The number of carbonyl (C=O) groups excluding carboxylic acids is 1. The summed E-state index contributed by atoms with van der Waals surface area (Å²) in [5, 5.41) is 19.0. The van der Waals surface area contributed by atoms with Crippen LogP contribution in [-0.2, 0) is 6.42 Å². The fourth-order valence-electron chi connectivity index (χ4n) is 1.77. The van der Waals surface area contributed by atoms with Crippen molar-refractivity contribution < 1.29 is 9.90 Å². The molecule has 1 aromatic heterocycles. The van der Waals surface area contributed by atoms with E-state index in [4.69, 9.17) is 0 Å². The molecular weight excluding hydrogens is 272 g/mol. The number of thiophene rings is 1. The normalized spacial score (nSPS) is 11.9. The molecular formula is C15H18N2O2S. The predicted molar refractivity (Wildman–Crippen MR) is 82.1 cm³/mol. The molecule has 0 spiro atoms. The molecule has 106 valence electrons. The van der Waals surface area contributed by atoms with E-state index in [-0.39, 0.29) is 12.6 Å². The number of amides is 2. The molecule has 0 bridgehead atoms. The molecule has 0 aliphatic heterocycles. The molecule has 2 aromatic rings. The Hall–Kier alpha value is -1.85. The first kappa shape index (κ1) is 14.6. The van der Waals surface area contributed by atoms with Gasteiger partial charge in [-0.1, -0.05) is 19.1 Å². The quantitative estimate of drug-likeness (QED) is 0.792. The third-order valence-corrected chi connectivity index (χ3v) is 3.71. The number of anilines is 1. The number of hydrogen-bond donors (Lipinski definition) is 3. The molecule has 0 saturated heterocycles. The number of nitrogens with one attached hydrogen (secondary N) is 2. The second-order valence-corrected chi connectivity index (χ2v) is 5.24. The van der Waals surface area contributed by atoms with Crippen molar-refractivity contribution in [3.05, 3.63) is 52.2 Å². The minimum absolute atomic E-state index is 0.190. The third kappa shape index (κ3) is 4.08. The van der Waals surface area contributed by atoms with Gasteiger partial charge in [0.2, 0.25) is 0 Å². The van der Waals surface area contributed by atoms with Crippen LogP contribution in [0.15, 0.2) is 41.1 Å². The molecule has 0 aliphatic carbocycles. The molecule has 20 heavy (non-hydrogen) atoms. The number of hydrogen-bond acceptors (Lipinski definition) is 3. The summed E-state index contributed by atoms with van der Waals surface area (Å²) in [5.74, 6) is 0. The lowest BCUT2D eigenvalue weighted by atomic mass is 10.1. The van der Waals surface area contributed by atoms with Crippen LogP contribution in [0.25, 0.3) is 0 Å². The zero-order chi connectivity index (χ0) is 14.4. The zero-order valence-electron chi connectivity index (χ0n) is 11.3. The SMILES string of the molecule is CCc1ccc(NC(=O)NCC(O)c2ccsc2)cc1. The Morgan fingerprint density at radius 2 is 2.05 bits per heavy atom. The monoisotopic (exact) mass is 290 g/mol. The standard InChI is InChI=1S/C15H18N2O2S/c1-2-11-3-5-13(6-4-11)17-15(19)16-9-14(18)12-7-8-20-10-12/h3-8,10,14,18H,2,9H2,1H3,(H2,16,17,19). The molecule has 1 aromatic carbocycles. The van der Waals surface area contributed by atoms with E-state index in [1.807, 2.05) is 41.1 Å². The number of aliphatic hydroxyl groups excluding tert-OH is 1. The van der Waals surface area contributed by atoms with Gasteiger partial charge in [-0.25, -0.2) is 4.79 Å². The second-order valence-electron chi connectivity index (χ2n) is 4.46. The van der Waals surface area contributed by atoms with Crippen molar-refractivity contribution in [3.8, 4) is 0 Å². The van der Waals surface area contributed by atoms with Gasteiger partial charge in [-0.2, -0.15) is 11.3 Å². The van der Waals surface area contributed by atoms with E-state index < -0.39 is 6.10 Å². The van der Waals surface area contributed by atoms with Crippen LogP contribution in [0.1, 0.15) is 24.2 Å². The molecule has 2 amide bonds. The molecule has 1 atom stereocenters. The average molecular weight is 290 g/mol. The lowest BCUT2D eigenvalue weighted by molar-refractivity contribution is 0.175. The number of urea groups is 1. The summed E-state index contributed by atoms with van der Waals surface area (Å²) >= 11 is 1.52. The summed E-state index contributed by atoms with van der Waals surface area (Å²) in [6, 6.07) is 9.23. The van der Waals surface area contributed by atoms with E-state index in [0.29, 0.717) is 0 Å². The lowest BCUT2D eigenvalue weighted by Gasteiger charge is -2.11. The van der Waals surface area contributed by atoms with Gasteiger partial charge in [0.25, 0.3) is 0 Å². The fraction of sp³-hybridized carbons (Fsp3) is 0.267. The van der Waals surface area contributed by atoms with Crippen LogP contribution in [0.4, 0.5) is 10.5 Å². The van der Waals surface area contributed by atoms with Crippen LogP contribution in [0.5, 0.6) is 0 Å². The van der Waals surface area contributed by atoms with E-state index in [1.165, 1.54) is 16.9 Å². The van der Waals surface area contributed by atoms with Crippen molar-refractivity contribution in [2.75, 3.05) is 11.9 Å². The predicted octanol–water partition coefficient (Wildman–Crippen LogP) is 3.17. The first-order valence-corrected chi connectivity index (χ1v) is 7.47. The Kier molecular flexibility index (Phi) is 5.15. The van der Waals surface area contributed by atoms with Crippen molar-refractivity contribution in [3.63, 3.8) is 0 Å². The summed E-state index contributed by atoms with van der Waals surface area (Å²) < 4.78 is 0.